The summed E-state index contributed by atoms with van der Waals surface area (Å²) in [6.45, 7) is 0. The maximum atomic E-state index is 12.7. The molecule has 3 rings (SSSR count). The maximum absolute atomic E-state index is 12.7. The molecule has 1 amide bonds. The van der Waals surface area contributed by atoms with Gasteiger partial charge in [0.25, 0.3) is 5.91 Å². The van der Waals surface area contributed by atoms with Crippen molar-refractivity contribution in [2.45, 2.75) is 6.42 Å². The van der Waals surface area contributed by atoms with Crippen molar-refractivity contribution in [3.8, 4) is 11.3 Å². The van der Waals surface area contributed by atoms with Crippen molar-refractivity contribution in [2.75, 3.05) is 5.43 Å². The minimum Gasteiger partial charge on any atom is -0.481 e. The van der Waals surface area contributed by atoms with Gasteiger partial charge in [-0.3, -0.25) is 19.7 Å². The summed E-state index contributed by atoms with van der Waals surface area (Å²) >= 11 is 9.29. The first-order chi connectivity index (χ1) is 12.5. The maximum Gasteiger partial charge on any atom is 0.309 e. The molecule has 0 radical (unpaired) electrons. The number of carbonyl (C=O) groups excluding carboxylic acids is 1. The van der Waals surface area contributed by atoms with Crippen LogP contribution < -0.4 is 5.43 Å². The van der Waals surface area contributed by atoms with E-state index >= 15 is 0 Å². The zero-order valence-corrected chi connectivity index (χ0v) is 15.8. The van der Waals surface area contributed by atoms with Gasteiger partial charge in [0.15, 0.2) is 0 Å². The molecule has 2 aromatic carbocycles. The summed E-state index contributed by atoms with van der Waals surface area (Å²) in [6.07, 6.45) is -0.218. The minimum absolute atomic E-state index is 0.218. The van der Waals surface area contributed by atoms with E-state index in [4.69, 9.17) is 16.7 Å². The second-order valence-corrected chi connectivity index (χ2v) is 6.83. The number of carboxylic acids is 1. The van der Waals surface area contributed by atoms with Crippen LogP contribution in [0.1, 0.15) is 16.1 Å². The van der Waals surface area contributed by atoms with Gasteiger partial charge in [-0.05, 0) is 52.3 Å². The summed E-state index contributed by atoms with van der Waals surface area (Å²) in [5, 5.41) is 9.74. The molecule has 0 spiro atoms. The predicted molar refractivity (Wildman–Crippen MR) is 104 cm³/mol. The Bertz CT molecular complexity index is 967. The predicted octanol–water partition coefficient (Wildman–Crippen LogP) is 4.58. The van der Waals surface area contributed by atoms with Crippen molar-refractivity contribution in [1.29, 1.82) is 0 Å². The molecule has 0 saturated heterocycles. The number of hydrogen-bond acceptors (Lipinski definition) is 2. The molecule has 3 aromatic rings. The van der Waals surface area contributed by atoms with E-state index in [1.54, 1.807) is 42.5 Å². The number of halogens is 2. The molecule has 7 heteroatoms. The lowest BCUT2D eigenvalue weighted by molar-refractivity contribution is -0.136. The van der Waals surface area contributed by atoms with Gasteiger partial charge >= 0.3 is 5.97 Å². The van der Waals surface area contributed by atoms with E-state index < -0.39 is 5.97 Å². The van der Waals surface area contributed by atoms with Crippen LogP contribution in [0, 0.1) is 0 Å². The van der Waals surface area contributed by atoms with Crippen LogP contribution in [0.5, 0.6) is 0 Å². The number of aliphatic carboxylic acids is 1. The summed E-state index contributed by atoms with van der Waals surface area (Å²) in [7, 11) is 0. The van der Waals surface area contributed by atoms with Crippen LogP contribution >= 0.6 is 27.5 Å². The number of carboxylic acid groups (broad SMARTS) is 1. The van der Waals surface area contributed by atoms with E-state index in [9.17, 15) is 9.59 Å². The number of rotatable bonds is 5. The highest BCUT2D eigenvalue weighted by molar-refractivity contribution is 9.10. The van der Waals surface area contributed by atoms with Gasteiger partial charge in [-0.1, -0.05) is 35.9 Å². The number of nitrogens with zero attached hydrogens (tertiary/aromatic N) is 1. The van der Waals surface area contributed by atoms with Crippen molar-refractivity contribution in [3.63, 3.8) is 0 Å². The molecule has 0 aliphatic rings. The van der Waals surface area contributed by atoms with E-state index in [0.717, 1.165) is 5.56 Å². The fraction of sp³-hybridized carbons (Fsp3) is 0.0526. The van der Waals surface area contributed by atoms with Gasteiger partial charge in [-0.15, -0.1) is 0 Å². The van der Waals surface area contributed by atoms with Gasteiger partial charge < -0.3 is 5.11 Å². The fourth-order valence-electron chi connectivity index (χ4n) is 2.56. The van der Waals surface area contributed by atoms with Gasteiger partial charge in [0.2, 0.25) is 0 Å². The lowest BCUT2D eigenvalue weighted by Crippen LogP contribution is -2.26. The number of aromatic nitrogens is 1. The van der Waals surface area contributed by atoms with E-state index in [1.165, 1.54) is 4.68 Å². The summed E-state index contributed by atoms with van der Waals surface area (Å²) in [4.78, 5) is 23.8. The van der Waals surface area contributed by atoms with Crippen molar-refractivity contribution in [1.82, 2.24) is 4.68 Å². The Morgan fingerprint density at radius 1 is 1.04 bits per heavy atom. The van der Waals surface area contributed by atoms with Crippen LogP contribution in [-0.2, 0) is 11.2 Å². The Hall–Kier alpha value is -2.57. The standard InChI is InChI=1S/C19H14BrClN2O3/c20-16-4-2-1-3-15(16)19(26)22-23-14(11-18(24)25)9-10-17(23)12-5-7-13(21)8-6-12/h1-10H,11H2,(H,22,26)(H,24,25). The van der Waals surface area contributed by atoms with Gasteiger partial charge in [0, 0.05) is 15.1 Å². The molecule has 26 heavy (non-hydrogen) atoms. The van der Waals surface area contributed by atoms with Gasteiger partial charge in [0.05, 0.1) is 23.4 Å². The van der Waals surface area contributed by atoms with Crippen LogP contribution in [0.25, 0.3) is 11.3 Å². The average molecular weight is 434 g/mol. The normalized spacial score (nSPS) is 10.5. The Labute approximate surface area is 163 Å². The van der Waals surface area contributed by atoms with E-state index in [-0.39, 0.29) is 12.3 Å². The molecule has 1 heterocycles. The molecule has 5 nitrogen and oxygen atoms in total. The zero-order valence-electron chi connectivity index (χ0n) is 13.4. The molecule has 0 fully saturated rings. The number of carbonyl (C=O) groups is 2. The quantitative estimate of drug-likeness (QED) is 0.618. The molecular formula is C19H14BrClN2O3. The molecule has 1 aromatic heterocycles. The van der Waals surface area contributed by atoms with Crippen LogP contribution in [0.15, 0.2) is 65.1 Å². The largest absolute Gasteiger partial charge is 0.481 e. The minimum atomic E-state index is -0.984. The number of amides is 1. The van der Waals surface area contributed by atoms with Crippen LogP contribution in [0.4, 0.5) is 0 Å². The highest BCUT2D eigenvalue weighted by Crippen LogP contribution is 2.24. The topological polar surface area (TPSA) is 71.3 Å². The molecule has 0 unspecified atom stereocenters. The molecular weight excluding hydrogens is 420 g/mol. The smallest absolute Gasteiger partial charge is 0.309 e. The third-order valence-corrected chi connectivity index (χ3v) is 4.71. The van der Waals surface area contributed by atoms with Crippen molar-refractivity contribution >= 4 is 39.4 Å². The summed E-state index contributed by atoms with van der Waals surface area (Å²) in [5.41, 5.74) is 5.17. The number of benzene rings is 2. The highest BCUT2D eigenvalue weighted by atomic mass is 79.9. The van der Waals surface area contributed by atoms with Crippen molar-refractivity contribution in [3.05, 3.63) is 81.4 Å². The zero-order chi connectivity index (χ0) is 18.7. The Balaban J connectivity index is 2.01. The summed E-state index contributed by atoms with van der Waals surface area (Å²) in [5.74, 6) is -1.34. The van der Waals surface area contributed by atoms with Crippen LogP contribution in [0.2, 0.25) is 5.02 Å². The first kappa shape index (κ1) is 18.2. The lowest BCUT2D eigenvalue weighted by atomic mass is 10.1. The first-order valence-corrected chi connectivity index (χ1v) is 8.87. The average Bonchev–Trinajstić information content (AvgIpc) is 2.97. The molecule has 2 N–H and O–H groups in total. The van der Waals surface area contributed by atoms with E-state index in [1.807, 2.05) is 18.2 Å². The summed E-state index contributed by atoms with van der Waals surface area (Å²) in [6, 6.07) is 17.6. The SMILES string of the molecule is O=C(O)Cc1ccc(-c2ccc(Cl)cc2)n1NC(=O)c1ccccc1Br. The van der Waals surface area contributed by atoms with Gasteiger partial charge in [-0.2, -0.15) is 0 Å². The molecule has 0 aliphatic carbocycles. The summed E-state index contributed by atoms with van der Waals surface area (Å²) < 4.78 is 2.15. The van der Waals surface area contributed by atoms with E-state index in [2.05, 4.69) is 21.4 Å². The van der Waals surface area contributed by atoms with Gasteiger partial charge in [-0.25, -0.2) is 0 Å². The van der Waals surface area contributed by atoms with Crippen molar-refractivity contribution < 1.29 is 14.7 Å². The Morgan fingerprint density at radius 3 is 2.38 bits per heavy atom. The van der Waals surface area contributed by atoms with E-state index in [0.29, 0.717) is 26.4 Å². The lowest BCUT2D eigenvalue weighted by Gasteiger charge is -2.15. The monoisotopic (exact) mass is 432 g/mol. The highest BCUT2D eigenvalue weighted by Gasteiger charge is 2.17. The van der Waals surface area contributed by atoms with Gasteiger partial charge in [0.1, 0.15) is 0 Å². The first-order valence-electron chi connectivity index (χ1n) is 7.70. The van der Waals surface area contributed by atoms with Crippen molar-refractivity contribution in [2.24, 2.45) is 0 Å². The molecule has 0 aliphatic heterocycles. The molecule has 0 saturated carbocycles. The Kier molecular flexibility index (Phi) is 5.44. The molecule has 0 atom stereocenters. The molecule has 0 bridgehead atoms. The van der Waals surface area contributed by atoms with Crippen LogP contribution in [0.3, 0.4) is 0 Å². The second-order valence-electron chi connectivity index (χ2n) is 5.54. The number of hydrogen-bond donors (Lipinski definition) is 2. The Morgan fingerprint density at radius 2 is 1.73 bits per heavy atom. The third-order valence-electron chi connectivity index (χ3n) is 3.77. The molecule has 132 valence electrons. The van der Waals surface area contributed by atoms with Crippen LogP contribution in [-0.4, -0.2) is 21.7 Å². The fourth-order valence-corrected chi connectivity index (χ4v) is 3.15. The number of nitrogens with one attached hydrogen (secondary N) is 1. The second kappa shape index (κ2) is 7.76. The third kappa shape index (κ3) is 3.98.